The van der Waals surface area contributed by atoms with E-state index in [0.717, 1.165) is 32.9 Å². The minimum absolute atomic E-state index is 0.0581. The fourth-order valence-corrected chi connectivity index (χ4v) is 3.31. The molecule has 0 amide bonds. The second kappa shape index (κ2) is 6.96. The van der Waals surface area contributed by atoms with Gasteiger partial charge in [-0.15, -0.1) is 11.3 Å². The monoisotopic (exact) mass is 348 g/mol. The maximum Gasteiger partial charge on any atom is 0.181 e. The van der Waals surface area contributed by atoms with Crippen LogP contribution >= 0.6 is 11.3 Å². The predicted molar refractivity (Wildman–Crippen MR) is 100 cm³/mol. The maximum atomic E-state index is 9.13. The van der Waals surface area contributed by atoms with Crippen molar-refractivity contribution in [1.29, 1.82) is 0 Å². The summed E-state index contributed by atoms with van der Waals surface area (Å²) in [5.41, 5.74) is 2.79. The number of benzene rings is 1. The maximum absolute atomic E-state index is 9.13. The van der Waals surface area contributed by atoms with Gasteiger partial charge in [-0.2, -0.15) is 0 Å². The van der Waals surface area contributed by atoms with Crippen LogP contribution in [0.1, 0.15) is 11.1 Å². The Morgan fingerprint density at radius 1 is 0.960 bits per heavy atom. The number of nitrogens with zero attached hydrogens (tertiary/aromatic N) is 3. The van der Waals surface area contributed by atoms with Crippen molar-refractivity contribution in [3.8, 4) is 11.5 Å². The zero-order valence-electron chi connectivity index (χ0n) is 13.4. The highest BCUT2D eigenvalue weighted by atomic mass is 32.1. The van der Waals surface area contributed by atoms with E-state index in [4.69, 9.17) is 5.11 Å². The number of pyridine rings is 1. The smallest absolute Gasteiger partial charge is 0.181 e. The van der Waals surface area contributed by atoms with E-state index in [1.807, 2.05) is 53.9 Å². The van der Waals surface area contributed by atoms with Crippen LogP contribution in [0, 0.1) is 0 Å². The van der Waals surface area contributed by atoms with Crippen LogP contribution in [0.25, 0.3) is 21.7 Å². The van der Waals surface area contributed by atoms with Crippen LogP contribution in [0.15, 0.2) is 60.1 Å². The average molecular weight is 348 g/mol. The second-order valence-electron chi connectivity index (χ2n) is 5.58. The first-order valence-electron chi connectivity index (χ1n) is 7.92. The third-order valence-corrected chi connectivity index (χ3v) is 4.69. The van der Waals surface area contributed by atoms with E-state index < -0.39 is 0 Å². The van der Waals surface area contributed by atoms with Crippen LogP contribution in [0.2, 0.25) is 0 Å². The summed E-state index contributed by atoms with van der Waals surface area (Å²) in [5.74, 6) is 1.42. The number of thiophene rings is 1. The fourth-order valence-electron chi connectivity index (χ4n) is 2.55. The zero-order valence-corrected chi connectivity index (χ0v) is 14.2. The Balaban J connectivity index is 1.64. The topological polar surface area (TPSA) is 70.9 Å². The van der Waals surface area contributed by atoms with Crippen molar-refractivity contribution in [1.82, 2.24) is 15.0 Å². The van der Waals surface area contributed by atoms with Crippen molar-refractivity contribution < 1.29 is 5.11 Å². The largest absolute Gasteiger partial charge is 0.392 e. The highest BCUT2D eigenvalue weighted by Gasteiger charge is 2.11. The van der Waals surface area contributed by atoms with Crippen molar-refractivity contribution in [2.24, 2.45) is 0 Å². The number of rotatable bonds is 5. The third kappa shape index (κ3) is 3.35. The molecule has 0 aliphatic rings. The summed E-state index contributed by atoms with van der Waals surface area (Å²) < 4.78 is 0. The quantitative estimate of drug-likeness (QED) is 0.573. The van der Waals surface area contributed by atoms with Gasteiger partial charge in [0, 0.05) is 12.7 Å². The Kier molecular flexibility index (Phi) is 4.37. The molecule has 0 bridgehead atoms. The van der Waals surface area contributed by atoms with Crippen LogP contribution in [-0.4, -0.2) is 20.1 Å². The van der Waals surface area contributed by atoms with Gasteiger partial charge < -0.3 is 10.4 Å². The van der Waals surface area contributed by atoms with Gasteiger partial charge in [0.25, 0.3) is 0 Å². The highest BCUT2D eigenvalue weighted by molar-refractivity contribution is 7.16. The normalized spacial score (nSPS) is 10.9. The molecule has 4 rings (SSSR count). The van der Waals surface area contributed by atoms with E-state index in [0.29, 0.717) is 12.4 Å². The van der Waals surface area contributed by atoms with E-state index in [-0.39, 0.29) is 6.61 Å². The summed E-state index contributed by atoms with van der Waals surface area (Å²) in [6, 6.07) is 15.6. The minimum Gasteiger partial charge on any atom is -0.392 e. The molecule has 6 heteroatoms. The Morgan fingerprint density at radius 3 is 2.56 bits per heavy atom. The van der Waals surface area contributed by atoms with E-state index >= 15 is 0 Å². The first-order chi connectivity index (χ1) is 12.3. The van der Waals surface area contributed by atoms with E-state index in [1.165, 1.54) is 0 Å². The van der Waals surface area contributed by atoms with Crippen molar-refractivity contribution in [2.75, 3.05) is 5.32 Å². The Labute approximate surface area is 149 Å². The Hall–Kier alpha value is -2.83. The first-order valence-corrected chi connectivity index (χ1v) is 8.80. The molecule has 0 aliphatic carbocycles. The van der Waals surface area contributed by atoms with Crippen molar-refractivity contribution >= 4 is 27.4 Å². The molecular weight excluding hydrogens is 332 g/mol. The predicted octanol–water partition coefficient (Wildman–Crippen LogP) is 3.86. The first kappa shape index (κ1) is 15.7. The minimum atomic E-state index is 0.0581. The number of aliphatic hydroxyl groups excluding tert-OH is 1. The lowest BCUT2D eigenvalue weighted by Crippen LogP contribution is -2.04. The molecule has 2 N–H and O–H groups in total. The van der Waals surface area contributed by atoms with Gasteiger partial charge in [0.1, 0.15) is 16.3 Å². The summed E-state index contributed by atoms with van der Waals surface area (Å²) in [7, 11) is 0. The number of hydrogen-bond donors (Lipinski definition) is 2. The van der Waals surface area contributed by atoms with Gasteiger partial charge in [-0.25, -0.2) is 9.97 Å². The standard InChI is InChI=1S/C19H16N4OS/c24-12-14-6-4-13(5-7-14)11-21-17-15-8-10-25-19(15)23-18(22-17)16-3-1-2-9-20-16/h1-10,24H,11-12H2,(H,21,22,23). The molecule has 0 unspecified atom stereocenters. The van der Waals surface area contributed by atoms with Crippen molar-refractivity contribution in [3.05, 3.63) is 71.2 Å². The molecule has 0 aliphatic heterocycles. The molecule has 4 aromatic rings. The van der Waals surface area contributed by atoms with Gasteiger partial charge in [-0.1, -0.05) is 30.3 Å². The molecule has 1 aromatic carbocycles. The zero-order chi connectivity index (χ0) is 17.1. The Morgan fingerprint density at radius 2 is 1.80 bits per heavy atom. The van der Waals surface area contributed by atoms with Crippen molar-refractivity contribution in [2.45, 2.75) is 13.2 Å². The molecule has 0 saturated heterocycles. The summed E-state index contributed by atoms with van der Waals surface area (Å²) in [5, 5.41) is 15.6. The van der Waals surface area contributed by atoms with Gasteiger partial charge in [0.2, 0.25) is 0 Å². The van der Waals surface area contributed by atoms with Gasteiger partial charge in [-0.05, 0) is 34.7 Å². The second-order valence-corrected chi connectivity index (χ2v) is 6.47. The number of aromatic nitrogens is 3. The number of nitrogens with one attached hydrogen (secondary N) is 1. The van der Waals surface area contributed by atoms with E-state index in [2.05, 4.69) is 20.3 Å². The van der Waals surface area contributed by atoms with Crippen molar-refractivity contribution in [3.63, 3.8) is 0 Å². The number of hydrogen-bond acceptors (Lipinski definition) is 6. The number of anilines is 1. The SMILES string of the molecule is OCc1ccc(CNc2nc(-c3ccccn3)nc3sccc23)cc1. The summed E-state index contributed by atoms with van der Waals surface area (Å²) in [6.45, 7) is 0.706. The lowest BCUT2D eigenvalue weighted by atomic mass is 10.1. The Bertz CT molecular complexity index is 983. The summed E-state index contributed by atoms with van der Waals surface area (Å²) in [4.78, 5) is 14.6. The molecule has 3 aromatic heterocycles. The molecule has 5 nitrogen and oxygen atoms in total. The average Bonchev–Trinajstić information content (AvgIpc) is 3.16. The van der Waals surface area contributed by atoms with Gasteiger partial charge in [-0.3, -0.25) is 4.98 Å². The van der Waals surface area contributed by atoms with Crippen LogP contribution in [0.5, 0.6) is 0 Å². The third-order valence-electron chi connectivity index (χ3n) is 3.88. The van der Waals surface area contributed by atoms with Gasteiger partial charge in [0.15, 0.2) is 5.82 Å². The molecule has 0 fully saturated rings. The lowest BCUT2D eigenvalue weighted by molar-refractivity contribution is 0.282. The van der Waals surface area contributed by atoms with Crippen LogP contribution in [0.4, 0.5) is 5.82 Å². The lowest BCUT2D eigenvalue weighted by Gasteiger charge is -2.09. The van der Waals surface area contributed by atoms with Gasteiger partial charge >= 0.3 is 0 Å². The molecule has 0 radical (unpaired) electrons. The molecular formula is C19H16N4OS. The fraction of sp³-hybridized carbons (Fsp3) is 0.105. The van der Waals surface area contributed by atoms with E-state index in [1.54, 1.807) is 17.5 Å². The summed E-state index contributed by atoms with van der Waals surface area (Å²) >= 11 is 1.59. The molecule has 0 spiro atoms. The molecule has 0 atom stereocenters. The molecule has 124 valence electrons. The van der Waals surface area contributed by atoms with Crippen LogP contribution < -0.4 is 5.32 Å². The highest BCUT2D eigenvalue weighted by Crippen LogP contribution is 2.28. The van der Waals surface area contributed by atoms with Crippen LogP contribution in [0.3, 0.4) is 0 Å². The van der Waals surface area contributed by atoms with Gasteiger partial charge in [0.05, 0.1) is 12.0 Å². The summed E-state index contributed by atoms with van der Waals surface area (Å²) in [6.07, 6.45) is 1.74. The van der Waals surface area contributed by atoms with Crippen LogP contribution in [-0.2, 0) is 13.2 Å². The number of fused-ring (bicyclic) bond motifs is 1. The van der Waals surface area contributed by atoms with E-state index in [9.17, 15) is 0 Å². The molecule has 25 heavy (non-hydrogen) atoms. The molecule has 3 heterocycles. The molecule has 0 saturated carbocycles. The number of aliphatic hydroxyl groups is 1.